The summed E-state index contributed by atoms with van der Waals surface area (Å²) in [5.74, 6) is 1.09. The molecule has 0 bridgehead atoms. The fraction of sp³-hybridized carbons (Fsp3) is 0.769. The van der Waals surface area contributed by atoms with Gasteiger partial charge in [0.1, 0.15) is 12.7 Å². The van der Waals surface area contributed by atoms with E-state index in [2.05, 4.69) is 17.0 Å². The van der Waals surface area contributed by atoms with Crippen molar-refractivity contribution in [3.8, 4) is 0 Å². The summed E-state index contributed by atoms with van der Waals surface area (Å²) >= 11 is 6.94. The maximum absolute atomic E-state index is 5.25. The van der Waals surface area contributed by atoms with Gasteiger partial charge in [-0.3, -0.25) is 0 Å². The lowest BCUT2D eigenvalue weighted by molar-refractivity contribution is 0.586. The molecule has 0 amide bonds. The van der Waals surface area contributed by atoms with E-state index in [9.17, 15) is 0 Å². The molecule has 0 aliphatic carbocycles. The van der Waals surface area contributed by atoms with E-state index in [1.807, 2.05) is 0 Å². The number of rotatable bonds is 9. The first kappa shape index (κ1) is 15.6. The molecule has 0 atom stereocenters. The first-order valence-corrected chi connectivity index (χ1v) is 8.25. The Morgan fingerprint density at radius 2 is 1.78 bits per heavy atom. The van der Waals surface area contributed by atoms with Gasteiger partial charge in [0.25, 0.3) is 0 Å². The maximum Gasteiger partial charge on any atom is 0.163 e. The molecule has 5 heteroatoms. The van der Waals surface area contributed by atoms with Gasteiger partial charge in [0.05, 0.1) is 0 Å². The minimum Gasteiger partial charge on any atom is -0.223 e. The second-order valence-corrected chi connectivity index (χ2v) is 6.16. The van der Waals surface area contributed by atoms with Gasteiger partial charge < -0.3 is 0 Å². The van der Waals surface area contributed by atoms with E-state index < -0.39 is 0 Å². The van der Waals surface area contributed by atoms with Crippen molar-refractivity contribution in [1.82, 2.24) is 14.8 Å². The van der Waals surface area contributed by atoms with Crippen LogP contribution in [0.1, 0.15) is 58.3 Å². The van der Waals surface area contributed by atoms with Gasteiger partial charge in [-0.2, -0.15) is 5.10 Å². The second kappa shape index (κ2) is 10.5. The molecule has 1 aromatic heterocycles. The molecule has 0 unspecified atom stereocenters. The number of thiocarbonyl (C=S) groups is 1. The van der Waals surface area contributed by atoms with Gasteiger partial charge in [-0.05, 0) is 6.42 Å². The van der Waals surface area contributed by atoms with Crippen molar-refractivity contribution in [1.29, 1.82) is 0 Å². The Morgan fingerprint density at radius 1 is 1.11 bits per heavy atom. The van der Waals surface area contributed by atoms with Gasteiger partial charge in [-0.25, -0.2) is 9.67 Å². The highest BCUT2D eigenvalue weighted by atomic mass is 32.2. The Morgan fingerprint density at radius 3 is 2.39 bits per heavy atom. The molecule has 0 fully saturated rings. The highest BCUT2D eigenvalue weighted by Crippen LogP contribution is 2.12. The van der Waals surface area contributed by atoms with E-state index in [0.717, 1.165) is 10.1 Å². The van der Waals surface area contributed by atoms with Crippen LogP contribution in [0, 0.1) is 0 Å². The third-order valence-electron chi connectivity index (χ3n) is 2.83. The summed E-state index contributed by atoms with van der Waals surface area (Å²) in [7, 11) is 0. The average Bonchev–Trinajstić information content (AvgIpc) is 2.90. The quantitative estimate of drug-likeness (QED) is 0.500. The predicted octanol–water partition coefficient (Wildman–Crippen LogP) is 4.29. The van der Waals surface area contributed by atoms with Crippen LogP contribution in [0.2, 0.25) is 0 Å². The van der Waals surface area contributed by atoms with Crippen molar-refractivity contribution in [3.05, 3.63) is 12.7 Å². The highest BCUT2D eigenvalue weighted by molar-refractivity contribution is 8.23. The molecule has 0 aliphatic heterocycles. The van der Waals surface area contributed by atoms with Gasteiger partial charge in [0.15, 0.2) is 4.32 Å². The first-order chi connectivity index (χ1) is 8.84. The first-order valence-electron chi connectivity index (χ1n) is 6.86. The van der Waals surface area contributed by atoms with Crippen LogP contribution >= 0.6 is 24.0 Å². The van der Waals surface area contributed by atoms with E-state index in [1.54, 1.807) is 22.8 Å². The molecule has 0 saturated carbocycles. The summed E-state index contributed by atoms with van der Waals surface area (Å²) in [5, 5.41) is 4.02. The van der Waals surface area contributed by atoms with Crippen LogP contribution < -0.4 is 0 Å². The molecule has 1 heterocycles. The van der Waals surface area contributed by atoms with Crippen LogP contribution in [-0.2, 0) is 0 Å². The normalized spacial score (nSPS) is 10.7. The SMILES string of the molecule is CCCCCCCCCCSC(=S)n1cncn1. The molecule has 102 valence electrons. The lowest BCUT2D eigenvalue weighted by Crippen LogP contribution is -2.05. The van der Waals surface area contributed by atoms with Crippen LogP contribution in [0.4, 0.5) is 0 Å². The molecule has 1 rings (SSSR count). The summed E-state index contributed by atoms with van der Waals surface area (Å²) in [5.41, 5.74) is 0. The molecule has 0 aromatic carbocycles. The fourth-order valence-corrected chi connectivity index (χ4v) is 2.86. The van der Waals surface area contributed by atoms with Crippen molar-refractivity contribution in [3.63, 3.8) is 0 Å². The van der Waals surface area contributed by atoms with E-state index in [4.69, 9.17) is 12.2 Å². The maximum atomic E-state index is 5.25. The Balaban J connectivity index is 1.88. The molecule has 18 heavy (non-hydrogen) atoms. The van der Waals surface area contributed by atoms with Crippen molar-refractivity contribution in [2.24, 2.45) is 0 Å². The van der Waals surface area contributed by atoms with Crippen molar-refractivity contribution < 1.29 is 0 Å². The highest BCUT2D eigenvalue weighted by Gasteiger charge is 2.00. The zero-order chi connectivity index (χ0) is 13.1. The predicted molar refractivity (Wildman–Crippen MR) is 83.1 cm³/mol. The molecule has 0 saturated heterocycles. The van der Waals surface area contributed by atoms with E-state index >= 15 is 0 Å². The summed E-state index contributed by atoms with van der Waals surface area (Å²) in [6.07, 6.45) is 14.0. The van der Waals surface area contributed by atoms with Gasteiger partial charge in [-0.15, -0.1) is 0 Å². The number of aromatic nitrogens is 3. The minimum atomic E-state index is 0.801. The monoisotopic (exact) mass is 285 g/mol. The van der Waals surface area contributed by atoms with Crippen LogP contribution in [-0.4, -0.2) is 24.8 Å². The minimum absolute atomic E-state index is 0.801. The van der Waals surface area contributed by atoms with Gasteiger partial charge in [-0.1, -0.05) is 75.8 Å². The van der Waals surface area contributed by atoms with E-state index in [0.29, 0.717) is 0 Å². The third-order valence-corrected chi connectivity index (χ3v) is 4.30. The lowest BCUT2D eigenvalue weighted by Gasteiger charge is -2.03. The standard InChI is InChI=1S/C13H23N3S2/c1-2-3-4-5-6-7-8-9-10-18-13(17)16-12-14-11-15-16/h11-12H,2-10H2,1H3. The molecule has 0 aliphatic rings. The summed E-state index contributed by atoms with van der Waals surface area (Å²) in [6.45, 7) is 2.26. The van der Waals surface area contributed by atoms with Crippen molar-refractivity contribution >= 4 is 28.3 Å². The van der Waals surface area contributed by atoms with E-state index in [1.165, 1.54) is 57.7 Å². The zero-order valence-electron chi connectivity index (χ0n) is 11.2. The third kappa shape index (κ3) is 7.11. The van der Waals surface area contributed by atoms with Crippen molar-refractivity contribution in [2.45, 2.75) is 58.3 Å². The number of nitrogens with zero attached hydrogens (tertiary/aromatic N) is 3. The molecule has 3 nitrogen and oxygen atoms in total. The Hall–Kier alpha value is -0.420. The fourth-order valence-electron chi connectivity index (χ4n) is 1.76. The van der Waals surface area contributed by atoms with Crippen LogP contribution in [0.25, 0.3) is 0 Å². The average molecular weight is 285 g/mol. The summed E-state index contributed by atoms with van der Waals surface area (Å²) in [4.78, 5) is 3.89. The van der Waals surface area contributed by atoms with Crippen LogP contribution in [0.5, 0.6) is 0 Å². The molecule has 0 N–H and O–H groups in total. The Kier molecular flexibility index (Phi) is 9.12. The van der Waals surface area contributed by atoms with Gasteiger partial charge in [0.2, 0.25) is 0 Å². The molecule has 0 spiro atoms. The zero-order valence-corrected chi connectivity index (χ0v) is 12.8. The Labute approximate surface area is 120 Å². The largest absolute Gasteiger partial charge is 0.223 e. The number of thioether (sulfide) groups is 1. The Bertz CT molecular complexity index is 312. The van der Waals surface area contributed by atoms with Gasteiger partial charge >= 0.3 is 0 Å². The van der Waals surface area contributed by atoms with E-state index in [-0.39, 0.29) is 0 Å². The molecule has 0 radical (unpaired) electrons. The van der Waals surface area contributed by atoms with Gasteiger partial charge in [0, 0.05) is 5.75 Å². The summed E-state index contributed by atoms with van der Waals surface area (Å²) < 4.78 is 2.46. The topological polar surface area (TPSA) is 30.7 Å². The lowest BCUT2D eigenvalue weighted by atomic mass is 10.1. The molecular weight excluding hydrogens is 262 g/mol. The van der Waals surface area contributed by atoms with Crippen LogP contribution in [0.15, 0.2) is 12.7 Å². The molecule has 1 aromatic rings. The second-order valence-electron chi connectivity index (χ2n) is 4.43. The smallest absolute Gasteiger partial charge is 0.163 e. The summed E-state index contributed by atoms with van der Waals surface area (Å²) in [6, 6.07) is 0. The van der Waals surface area contributed by atoms with Crippen LogP contribution in [0.3, 0.4) is 0 Å². The van der Waals surface area contributed by atoms with Crippen molar-refractivity contribution in [2.75, 3.05) is 5.75 Å². The molecular formula is C13H23N3S2. The number of unbranched alkanes of at least 4 members (excludes halogenated alkanes) is 7. The number of hydrogen-bond donors (Lipinski definition) is 0. The number of hydrogen-bond acceptors (Lipinski definition) is 4.